The summed E-state index contributed by atoms with van der Waals surface area (Å²) in [5.74, 6) is -0.444. The Morgan fingerprint density at radius 2 is 2.36 bits per heavy atom. The molecule has 1 fully saturated rings. The van der Waals surface area contributed by atoms with Crippen LogP contribution in [0.1, 0.15) is 20.3 Å². The highest BCUT2D eigenvalue weighted by Gasteiger charge is 2.31. The first-order valence-corrected chi connectivity index (χ1v) is 3.83. The second-order valence-corrected chi connectivity index (χ2v) is 3.15. The van der Waals surface area contributed by atoms with E-state index in [1.165, 1.54) is 0 Å². The topological polar surface area (TPSA) is 50.7 Å². The molecule has 1 saturated heterocycles. The fourth-order valence-corrected chi connectivity index (χ4v) is 1.13. The first kappa shape index (κ1) is 8.93. The lowest BCUT2D eigenvalue weighted by Gasteiger charge is -2.16. The molecule has 1 aliphatic heterocycles. The highest BCUT2D eigenvalue weighted by molar-refractivity contribution is 4.70. The summed E-state index contributed by atoms with van der Waals surface area (Å²) in [6, 6.07) is 0. The van der Waals surface area contributed by atoms with Crippen molar-refractivity contribution in [3.63, 3.8) is 0 Å². The number of hydrogen-bond donors (Lipinski definition) is 2. The highest BCUT2D eigenvalue weighted by atomic mass is 16.7. The van der Waals surface area contributed by atoms with Crippen molar-refractivity contribution < 1.29 is 14.7 Å². The maximum atomic E-state index is 8.31. The molecule has 1 rings (SSSR count). The normalized spacial score (nSPS) is 29.2. The quantitative estimate of drug-likeness (QED) is 0.592. The molecular weight excluding hydrogens is 146 g/mol. The minimum atomic E-state index is -0.444. The van der Waals surface area contributed by atoms with Crippen LogP contribution in [-0.2, 0) is 9.47 Å². The predicted octanol–water partition coefficient (Wildman–Crippen LogP) is 0.507. The van der Waals surface area contributed by atoms with Crippen molar-refractivity contribution in [2.75, 3.05) is 13.2 Å². The molecule has 4 nitrogen and oxygen atoms in total. The zero-order valence-corrected chi connectivity index (χ0v) is 6.96. The molecule has 0 aromatic carbocycles. The van der Waals surface area contributed by atoms with E-state index >= 15 is 0 Å². The minimum Gasteiger partial charge on any atom is -0.348 e. The van der Waals surface area contributed by atoms with Crippen molar-refractivity contribution in [3.05, 3.63) is 0 Å². The average molecular weight is 161 g/mol. The van der Waals surface area contributed by atoms with Gasteiger partial charge in [-0.05, 0) is 20.3 Å². The van der Waals surface area contributed by atoms with Crippen LogP contribution in [0.3, 0.4) is 0 Å². The summed E-state index contributed by atoms with van der Waals surface area (Å²) in [7, 11) is 0. The van der Waals surface area contributed by atoms with Crippen LogP contribution in [0.25, 0.3) is 0 Å². The van der Waals surface area contributed by atoms with E-state index in [9.17, 15) is 0 Å². The van der Waals surface area contributed by atoms with Crippen molar-refractivity contribution in [2.45, 2.75) is 32.2 Å². The van der Waals surface area contributed by atoms with Gasteiger partial charge in [-0.2, -0.15) is 0 Å². The smallest absolute Gasteiger partial charge is 0.163 e. The van der Waals surface area contributed by atoms with Crippen LogP contribution in [-0.4, -0.2) is 30.2 Å². The average Bonchev–Trinajstić information content (AvgIpc) is 2.26. The molecule has 0 aromatic rings. The summed E-state index contributed by atoms with van der Waals surface area (Å²) in [4.78, 5) is 0. The first-order chi connectivity index (χ1) is 5.14. The summed E-state index contributed by atoms with van der Waals surface area (Å²) in [5.41, 5.74) is 2.09. The molecule has 0 radical (unpaired) electrons. The van der Waals surface area contributed by atoms with Gasteiger partial charge in [-0.15, -0.1) is 0 Å². The van der Waals surface area contributed by atoms with E-state index in [4.69, 9.17) is 14.7 Å². The third kappa shape index (κ3) is 2.75. The summed E-state index contributed by atoms with van der Waals surface area (Å²) in [5, 5.41) is 8.31. The Morgan fingerprint density at radius 1 is 1.64 bits per heavy atom. The zero-order chi connectivity index (χ0) is 8.32. The van der Waals surface area contributed by atoms with Crippen LogP contribution < -0.4 is 5.48 Å². The number of hydrogen-bond acceptors (Lipinski definition) is 4. The lowest BCUT2D eigenvalue weighted by atomic mass is 10.3. The molecule has 0 spiro atoms. The van der Waals surface area contributed by atoms with E-state index in [1.54, 1.807) is 0 Å². The van der Waals surface area contributed by atoms with E-state index in [1.807, 2.05) is 13.8 Å². The lowest BCUT2D eigenvalue weighted by molar-refractivity contribution is -0.139. The minimum absolute atomic E-state index is 0.115. The molecule has 11 heavy (non-hydrogen) atoms. The van der Waals surface area contributed by atoms with Gasteiger partial charge in [0.25, 0.3) is 0 Å². The van der Waals surface area contributed by atoms with Crippen LogP contribution in [0, 0.1) is 0 Å². The van der Waals surface area contributed by atoms with Crippen molar-refractivity contribution in [1.29, 1.82) is 0 Å². The summed E-state index contributed by atoms with van der Waals surface area (Å²) in [6.45, 7) is 4.94. The van der Waals surface area contributed by atoms with Crippen LogP contribution >= 0.6 is 0 Å². The molecule has 1 aliphatic rings. The molecule has 1 heterocycles. The standard InChI is InChI=1S/C7H15NO3/c1-7(2)10-5-6(11-7)3-4-8-9/h6,8-9H,3-5H2,1-2H3. The van der Waals surface area contributed by atoms with E-state index in [0.29, 0.717) is 13.2 Å². The summed E-state index contributed by atoms with van der Waals surface area (Å²) < 4.78 is 10.8. The second-order valence-electron chi connectivity index (χ2n) is 3.15. The molecule has 4 heteroatoms. The third-order valence-electron chi connectivity index (χ3n) is 1.65. The van der Waals surface area contributed by atoms with Gasteiger partial charge in [0.1, 0.15) is 0 Å². The highest BCUT2D eigenvalue weighted by Crippen LogP contribution is 2.23. The van der Waals surface area contributed by atoms with Gasteiger partial charge in [0.05, 0.1) is 12.7 Å². The number of ether oxygens (including phenoxy) is 2. The molecule has 0 aliphatic carbocycles. The molecule has 0 bridgehead atoms. The van der Waals surface area contributed by atoms with Crippen LogP contribution in [0.15, 0.2) is 0 Å². The van der Waals surface area contributed by atoms with Crippen LogP contribution in [0.2, 0.25) is 0 Å². The van der Waals surface area contributed by atoms with Crippen molar-refractivity contribution in [2.24, 2.45) is 0 Å². The Labute approximate surface area is 66.4 Å². The molecule has 1 unspecified atom stereocenters. The van der Waals surface area contributed by atoms with Crippen molar-refractivity contribution in [1.82, 2.24) is 5.48 Å². The van der Waals surface area contributed by atoms with Gasteiger partial charge < -0.3 is 14.7 Å². The monoisotopic (exact) mass is 161 g/mol. The molecular formula is C7H15NO3. The Balaban J connectivity index is 2.20. The molecule has 2 N–H and O–H groups in total. The predicted molar refractivity (Wildman–Crippen MR) is 39.3 cm³/mol. The van der Waals surface area contributed by atoms with Crippen molar-refractivity contribution >= 4 is 0 Å². The Kier molecular flexibility index (Phi) is 2.84. The maximum Gasteiger partial charge on any atom is 0.163 e. The number of nitrogens with one attached hydrogen (secondary N) is 1. The van der Waals surface area contributed by atoms with Gasteiger partial charge in [0, 0.05) is 6.54 Å². The van der Waals surface area contributed by atoms with Gasteiger partial charge >= 0.3 is 0 Å². The fourth-order valence-electron chi connectivity index (χ4n) is 1.13. The van der Waals surface area contributed by atoms with Gasteiger partial charge in [-0.3, -0.25) is 0 Å². The molecule has 0 aromatic heterocycles. The van der Waals surface area contributed by atoms with Gasteiger partial charge in [-0.1, -0.05) is 0 Å². The Bertz CT molecular complexity index is 127. The number of hydroxylamine groups is 1. The fraction of sp³-hybridized carbons (Fsp3) is 1.00. The van der Waals surface area contributed by atoms with Crippen LogP contribution in [0.5, 0.6) is 0 Å². The summed E-state index contributed by atoms with van der Waals surface area (Å²) >= 11 is 0. The first-order valence-electron chi connectivity index (χ1n) is 3.83. The molecule has 66 valence electrons. The van der Waals surface area contributed by atoms with Gasteiger partial charge in [0.15, 0.2) is 5.79 Å². The zero-order valence-electron chi connectivity index (χ0n) is 6.96. The second kappa shape index (κ2) is 3.49. The van der Waals surface area contributed by atoms with Crippen LogP contribution in [0.4, 0.5) is 0 Å². The Hall–Kier alpha value is -0.160. The molecule has 0 saturated carbocycles. The van der Waals surface area contributed by atoms with Gasteiger partial charge in [-0.25, -0.2) is 5.48 Å². The SMILES string of the molecule is CC1(C)OCC(CCNO)O1. The summed E-state index contributed by atoms with van der Waals surface area (Å²) in [6.07, 6.45) is 0.893. The molecule has 1 atom stereocenters. The molecule has 0 amide bonds. The van der Waals surface area contributed by atoms with Gasteiger partial charge in [0.2, 0.25) is 0 Å². The van der Waals surface area contributed by atoms with E-state index < -0.39 is 5.79 Å². The Morgan fingerprint density at radius 3 is 2.82 bits per heavy atom. The number of rotatable bonds is 3. The largest absolute Gasteiger partial charge is 0.348 e. The third-order valence-corrected chi connectivity index (χ3v) is 1.65. The van der Waals surface area contributed by atoms with Crippen molar-refractivity contribution in [3.8, 4) is 0 Å². The van der Waals surface area contributed by atoms with E-state index in [0.717, 1.165) is 6.42 Å². The van der Waals surface area contributed by atoms with E-state index in [-0.39, 0.29) is 6.10 Å². The van der Waals surface area contributed by atoms with E-state index in [2.05, 4.69) is 5.48 Å². The maximum absolute atomic E-state index is 8.31. The lowest BCUT2D eigenvalue weighted by Crippen LogP contribution is -2.23.